The van der Waals surface area contributed by atoms with Crippen LogP contribution in [0, 0.1) is 0 Å². The first-order chi connectivity index (χ1) is 8.83. The number of hydrogen-bond donors (Lipinski definition) is 2. The van der Waals surface area contributed by atoms with Gasteiger partial charge in [-0.25, -0.2) is 4.79 Å². The molecule has 104 valence electrons. The highest BCUT2D eigenvalue weighted by Crippen LogP contribution is 2.21. The molecule has 19 heavy (non-hydrogen) atoms. The maximum absolute atomic E-state index is 11.7. The zero-order valence-electron chi connectivity index (χ0n) is 11.7. The third-order valence-corrected chi connectivity index (χ3v) is 3.00. The lowest BCUT2D eigenvalue weighted by molar-refractivity contribution is 0.0500. The molecule has 0 fully saturated rings. The van der Waals surface area contributed by atoms with Crippen molar-refractivity contribution < 1.29 is 9.53 Å². The maximum atomic E-state index is 11.7. The standard InChI is InChI=1S/C14H21N3O2/c1-14(2,3)19-13(18)17-11-4-5-12-9(7-11)6-10(15)8-16-12/h6,8,11H,4-5,7,15H2,1-3H3,(H,17,18)/t11-/m0/s1. The number of nitrogen functional groups attached to an aromatic ring is 1. The summed E-state index contributed by atoms with van der Waals surface area (Å²) < 4.78 is 5.26. The number of carbonyl (C=O) groups excluding carboxylic acids is 1. The molecular formula is C14H21N3O2. The average molecular weight is 263 g/mol. The molecule has 1 atom stereocenters. The molecule has 0 spiro atoms. The van der Waals surface area contributed by atoms with Crippen LogP contribution in [0.4, 0.5) is 10.5 Å². The molecule has 1 amide bonds. The Bertz CT molecular complexity index is 480. The summed E-state index contributed by atoms with van der Waals surface area (Å²) >= 11 is 0. The summed E-state index contributed by atoms with van der Waals surface area (Å²) in [5.74, 6) is 0. The number of ether oxygens (including phenoxy) is 1. The van der Waals surface area contributed by atoms with E-state index < -0.39 is 5.60 Å². The molecule has 0 aliphatic heterocycles. The lowest BCUT2D eigenvalue weighted by Crippen LogP contribution is -2.42. The Hall–Kier alpha value is -1.78. The predicted octanol–water partition coefficient (Wildman–Crippen LogP) is 2.05. The summed E-state index contributed by atoms with van der Waals surface area (Å²) in [4.78, 5) is 16.1. The number of rotatable bonds is 1. The molecule has 0 radical (unpaired) electrons. The molecule has 2 rings (SSSR count). The number of pyridine rings is 1. The van der Waals surface area contributed by atoms with E-state index in [1.54, 1.807) is 6.20 Å². The zero-order valence-corrected chi connectivity index (χ0v) is 11.7. The summed E-state index contributed by atoms with van der Waals surface area (Å²) in [7, 11) is 0. The van der Waals surface area contributed by atoms with Gasteiger partial charge in [-0.05, 0) is 51.7 Å². The smallest absolute Gasteiger partial charge is 0.407 e. The highest BCUT2D eigenvalue weighted by molar-refractivity contribution is 5.68. The molecule has 1 aromatic heterocycles. The Morgan fingerprint density at radius 2 is 2.26 bits per heavy atom. The third kappa shape index (κ3) is 3.84. The summed E-state index contributed by atoms with van der Waals surface area (Å²) in [6.07, 6.45) is 3.81. The van der Waals surface area contributed by atoms with Crippen molar-refractivity contribution >= 4 is 11.8 Å². The van der Waals surface area contributed by atoms with Crippen LogP contribution in [0.2, 0.25) is 0 Å². The van der Waals surface area contributed by atoms with Crippen LogP contribution in [0.3, 0.4) is 0 Å². The van der Waals surface area contributed by atoms with Gasteiger partial charge in [0.1, 0.15) is 5.60 Å². The van der Waals surface area contributed by atoms with Crippen molar-refractivity contribution in [1.29, 1.82) is 0 Å². The van der Waals surface area contributed by atoms with Gasteiger partial charge >= 0.3 is 6.09 Å². The van der Waals surface area contributed by atoms with Crippen molar-refractivity contribution in [3.05, 3.63) is 23.5 Å². The Balaban J connectivity index is 1.96. The molecule has 5 heteroatoms. The van der Waals surface area contributed by atoms with E-state index in [9.17, 15) is 4.79 Å². The number of nitrogens with one attached hydrogen (secondary N) is 1. The molecule has 3 N–H and O–H groups in total. The first-order valence-corrected chi connectivity index (χ1v) is 6.56. The molecule has 1 aliphatic rings. The van der Waals surface area contributed by atoms with Gasteiger partial charge in [0, 0.05) is 11.7 Å². The highest BCUT2D eigenvalue weighted by atomic mass is 16.6. The molecule has 0 saturated carbocycles. The Kier molecular flexibility index (Phi) is 3.64. The maximum Gasteiger partial charge on any atom is 0.407 e. The lowest BCUT2D eigenvalue weighted by Gasteiger charge is -2.27. The Morgan fingerprint density at radius 3 is 2.95 bits per heavy atom. The number of carbonyl (C=O) groups is 1. The van der Waals surface area contributed by atoms with Crippen molar-refractivity contribution in [3.8, 4) is 0 Å². The van der Waals surface area contributed by atoms with Crippen molar-refractivity contribution in [2.45, 2.75) is 51.7 Å². The minimum Gasteiger partial charge on any atom is -0.444 e. The van der Waals surface area contributed by atoms with E-state index in [4.69, 9.17) is 10.5 Å². The summed E-state index contributed by atoms with van der Waals surface area (Å²) in [6.45, 7) is 5.56. The van der Waals surface area contributed by atoms with Gasteiger partial charge in [0.05, 0.1) is 11.9 Å². The average Bonchev–Trinajstić information content (AvgIpc) is 2.25. The third-order valence-electron chi connectivity index (χ3n) is 3.00. The predicted molar refractivity (Wildman–Crippen MR) is 73.8 cm³/mol. The normalized spacial score (nSPS) is 18.6. The minimum absolute atomic E-state index is 0.0888. The number of aryl methyl sites for hydroxylation is 1. The van der Waals surface area contributed by atoms with Crippen LogP contribution < -0.4 is 11.1 Å². The van der Waals surface area contributed by atoms with Crippen LogP contribution in [-0.4, -0.2) is 22.7 Å². The van der Waals surface area contributed by atoms with Crippen molar-refractivity contribution in [2.75, 3.05) is 5.73 Å². The van der Waals surface area contributed by atoms with E-state index >= 15 is 0 Å². The first-order valence-electron chi connectivity index (χ1n) is 6.56. The zero-order chi connectivity index (χ0) is 14.0. The van der Waals surface area contributed by atoms with E-state index in [1.807, 2.05) is 26.8 Å². The van der Waals surface area contributed by atoms with Crippen LogP contribution >= 0.6 is 0 Å². The molecule has 0 unspecified atom stereocenters. The van der Waals surface area contributed by atoms with E-state index in [0.717, 1.165) is 30.5 Å². The molecule has 0 saturated heterocycles. The van der Waals surface area contributed by atoms with E-state index in [-0.39, 0.29) is 12.1 Å². The van der Waals surface area contributed by atoms with Crippen LogP contribution in [-0.2, 0) is 17.6 Å². The van der Waals surface area contributed by atoms with Gasteiger partial charge in [-0.1, -0.05) is 0 Å². The Labute approximate surface area is 113 Å². The summed E-state index contributed by atoms with van der Waals surface area (Å²) in [5.41, 5.74) is 8.13. The summed E-state index contributed by atoms with van der Waals surface area (Å²) in [6, 6.07) is 2.02. The van der Waals surface area contributed by atoms with Crippen LogP contribution in [0.5, 0.6) is 0 Å². The van der Waals surface area contributed by atoms with Crippen LogP contribution in [0.15, 0.2) is 12.3 Å². The second-order valence-electron chi connectivity index (χ2n) is 5.96. The van der Waals surface area contributed by atoms with Crippen molar-refractivity contribution in [3.63, 3.8) is 0 Å². The fourth-order valence-electron chi connectivity index (χ4n) is 2.23. The number of alkyl carbamates (subject to hydrolysis) is 1. The number of nitrogens with two attached hydrogens (primary N) is 1. The molecular weight excluding hydrogens is 242 g/mol. The molecule has 5 nitrogen and oxygen atoms in total. The largest absolute Gasteiger partial charge is 0.444 e. The van der Waals surface area contributed by atoms with Crippen LogP contribution in [0.25, 0.3) is 0 Å². The van der Waals surface area contributed by atoms with Gasteiger partial charge in [0.25, 0.3) is 0 Å². The molecule has 1 aromatic rings. The first kappa shape index (κ1) is 13.6. The molecule has 1 aliphatic carbocycles. The number of hydrogen-bond acceptors (Lipinski definition) is 4. The number of fused-ring (bicyclic) bond motifs is 1. The fourth-order valence-corrected chi connectivity index (χ4v) is 2.23. The van der Waals surface area contributed by atoms with E-state index in [2.05, 4.69) is 10.3 Å². The van der Waals surface area contributed by atoms with Crippen molar-refractivity contribution in [2.24, 2.45) is 0 Å². The topological polar surface area (TPSA) is 77.2 Å². The van der Waals surface area contributed by atoms with Crippen LogP contribution in [0.1, 0.15) is 38.4 Å². The molecule has 0 bridgehead atoms. The van der Waals surface area contributed by atoms with Crippen molar-refractivity contribution in [1.82, 2.24) is 10.3 Å². The lowest BCUT2D eigenvalue weighted by atomic mass is 9.92. The minimum atomic E-state index is -0.470. The highest BCUT2D eigenvalue weighted by Gasteiger charge is 2.23. The number of anilines is 1. The molecule has 0 aromatic carbocycles. The summed E-state index contributed by atoms with van der Waals surface area (Å²) in [5, 5.41) is 2.91. The van der Waals surface area contributed by atoms with Gasteiger partial charge in [-0.15, -0.1) is 0 Å². The molecule has 1 heterocycles. The number of nitrogens with zero attached hydrogens (tertiary/aromatic N) is 1. The monoisotopic (exact) mass is 263 g/mol. The second-order valence-corrected chi connectivity index (χ2v) is 5.96. The quantitative estimate of drug-likeness (QED) is 0.813. The van der Waals surface area contributed by atoms with E-state index in [0.29, 0.717) is 5.69 Å². The van der Waals surface area contributed by atoms with Gasteiger partial charge in [0.2, 0.25) is 0 Å². The van der Waals surface area contributed by atoms with Gasteiger partial charge in [-0.3, -0.25) is 4.98 Å². The Morgan fingerprint density at radius 1 is 1.53 bits per heavy atom. The second kappa shape index (κ2) is 5.07. The fraction of sp³-hybridized carbons (Fsp3) is 0.571. The SMILES string of the molecule is CC(C)(C)OC(=O)N[C@H]1CCc2ncc(N)cc2C1. The van der Waals surface area contributed by atoms with Gasteiger partial charge < -0.3 is 15.8 Å². The van der Waals surface area contributed by atoms with E-state index in [1.165, 1.54) is 0 Å². The van der Waals surface area contributed by atoms with Gasteiger partial charge in [-0.2, -0.15) is 0 Å². The number of amides is 1. The number of aromatic nitrogens is 1. The van der Waals surface area contributed by atoms with Gasteiger partial charge in [0.15, 0.2) is 0 Å².